The van der Waals surface area contributed by atoms with E-state index in [4.69, 9.17) is 4.74 Å². The summed E-state index contributed by atoms with van der Waals surface area (Å²) >= 11 is 0. The molecule has 0 radical (unpaired) electrons. The SMILES string of the molecule is CCOC(=O)c1cc(NC(=O)CN2CCN(C3CCCCN3)CC2)n[nH]1. The molecule has 3 rings (SSSR count). The lowest BCUT2D eigenvalue weighted by atomic mass is 10.1. The Kier molecular flexibility index (Phi) is 6.59. The van der Waals surface area contributed by atoms with E-state index >= 15 is 0 Å². The van der Waals surface area contributed by atoms with Crippen molar-refractivity contribution in [1.82, 2.24) is 25.3 Å². The predicted octanol–water partition coefficient (Wildman–Crippen LogP) is 0.242. The van der Waals surface area contributed by atoms with Crippen LogP contribution in [0, 0.1) is 0 Å². The number of esters is 1. The molecule has 3 heterocycles. The van der Waals surface area contributed by atoms with Gasteiger partial charge in [0.2, 0.25) is 5.91 Å². The second-order valence-corrected chi connectivity index (χ2v) is 6.71. The Morgan fingerprint density at radius 3 is 2.81 bits per heavy atom. The van der Waals surface area contributed by atoms with Crippen molar-refractivity contribution in [3.8, 4) is 0 Å². The van der Waals surface area contributed by atoms with Crippen molar-refractivity contribution in [2.45, 2.75) is 32.4 Å². The summed E-state index contributed by atoms with van der Waals surface area (Å²) in [7, 11) is 0. The van der Waals surface area contributed by atoms with Gasteiger partial charge in [0.1, 0.15) is 5.69 Å². The smallest absolute Gasteiger partial charge is 0.356 e. The van der Waals surface area contributed by atoms with E-state index in [0.717, 1.165) is 32.7 Å². The van der Waals surface area contributed by atoms with Gasteiger partial charge >= 0.3 is 5.97 Å². The number of aromatic amines is 1. The van der Waals surface area contributed by atoms with Gasteiger partial charge in [-0.05, 0) is 32.7 Å². The maximum Gasteiger partial charge on any atom is 0.356 e. The van der Waals surface area contributed by atoms with Crippen molar-refractivity contribution in [3.63, 3.8) is 0 Å². The van der Waals surface area contributed by atoms with Crippen LogP contribution in [0.25, 0.3) is 0 Å². The Bertz CT molecular complexity index is 605. The van der Waals surface area contributed by atoms with Crippen LogP contribution in [0.1, 0.15) is 36.7 Å². The molecule has 1 aromatic rings. The number of nitrogens with zero attached hydrogens (tertiary/aromatic N) is 3. The molecule has 0 aromatic carbocycles. The lowest BCUT2D eigenvalue weighted by molar-refractivity contribution is -0.117. The third kappa shape index (κ3) is 5.03. The van der Waals surface area contributed by atoms with Gasteiger partial charge in [-0.25, -0.2) is 4.79 Å². The van der Waals surface area contributed by atoms with E-state index in [2.05, 4.69) is 30.6 Å². The van der Waals surface area contributed by atoms with Crippen molar-refractivity contribution < 1.29 is 14.3 Å². The van der Waals surface area contributed by atoms with Crippen LogP contribution < -0.4 is 10.6 Å². The van der Waals surface area contributed by atoms with Crippen LogP contribution in [0.3, 0.4) is 0 Å². The highest BCUT2D eigenvalue weighted by Crippen LogP contribution is 2.14. The molecule has 0 spiro atoms. The van der Waals surface area contributed by atoms with Gasteiger partial charge in [0, 0.05) is 32.2 Å². The van der Waals surface area contributed by atoms with Gasteiger partial charge in [0.25, 0.3) is 0 Å². The topological polar surface area (TPSA) is 103 Å². The largest absolute Gasteiger partial charge is 0.461 e. The number of rotatable bonds is 6. The Morgan fingerprint density at radius 2 is 2.12 bits per heavy atom. The van der Waals surface area contributed by atoms with Crippen LogP contribution in [0.2, 0.25) is 0 Å². The molecule has 0 saturated carbocycles. The molecule has 2 aliphatic rings. The highest BCUT2D eigenvalue weighted by Gasteiger charge is 2.25. The van der Waals surface area contributed by atoms with Crippen molar-refractivity contribution in [3.05, 3.63) is 11.8 Å². The van der Waals surface area contributed by atoms with Gasteiger partial charge in [0.05, 0.1) is 19.3 Å². The van der Waals surface area contributed by atoms with E-state index < -0.39 is 5.97 Å². The highest BCUT2D eigenvalue weighted by atomic mass is 16.5. The number of anilines is 1. The number of hydrogen-bond acceptors (Lipinski definition) is 7. The van der Waals surface area contributed by atoms with Gasteiger partial charge in [-0.15, -0.1) is 0 Å². The molecule has 2 aliphatic heterocycles. The van der Waals surface area contributed by atoms with Crippen LogP contribution in [-0.4, -0.2) is 83.9 Å². The predicted molar refractivity (Wildman–Crippen MR) is 96.8 cm³/mol. The van der Waals surface area contributed by atoms with Crippen LogP contribution >= 0.6 is 0 Å². The number of nitrogens with one attached hydrogen (secondary N) is 3. The number of hydrogen-bond donors (Lipinski definition) is 3. The Morgan fingerprint density at radius 1 is 1.31 bits per heavy atom. The number of piperidine rings is 1. The van der Waals surface area contributed by atoms with E-state index in [1.54, 1.807) is 6.92 Å². The first-order valence-electron chi connectivity index (χ1n) is 9.38. The van der Waals surface area contributed by atoms with Crippen LogP contribution in [0.5, 0.6) is 0 Å². The summed E-state index contributed by atoms with van der Waals surface area (Å²) < 4.78 is 4.89. The quantitative estimate of drug-likeness (QED) is 0.622. The Labute approximate surface area is 153 Å². The first-order chi connectivity index (χ1) is 12.7. The average molecular weight is 364 g/mol. The molecule has 144 valence electrons. The first kappa shape index (κ1) is 18.8. The molecular formula is C17H28N6O3. The molecular weight excluding hydrogens is 336 g/mol. The number of carbonyl (C=O) groups excluding carboxylic acids is 2. The lowest BCUT2D eigenvalue weighted by Crippen LogP contribution is -2.56. The number of amides is 1. The molecule has 1 amide bonds. The van der Waals surface area contributed by atoms with E-state index in [-0.39, 0.29) is 11.6 Å². The molecule has 0 aliphatic carbocycles. The molecule has 1 unspecified atom stereocenters. The highest BCUT2D eigenvalue weighted by molar-refractivity contribution is 5.93. The average Bonchev–Trinajstić information content (AvgIpc) is 3.12. The number of H-pyrrole nitrogens is 1. The van der Waals surface area contributed by atoms with Crippen LogP contribution in [0.4, 0.5) is 5.82 Å². The molecule has 2 saturated heterocycles. The Balaban J connectivity index is 1.41. The van der Waals surface area contributed by atoms with E-state index in [1.807, 2.05) is 0 Å². The lowest BCUT2D eigenvalue weighted by Gasteiger charge is -2.40. The second kappa shape index (κ2) is 9.11. The van der Waals surface area contributed by atoms with Gasteiger partial charge < -0.3 is 15.4 Å². The van der Waals surface area contributed by atoms with Crippen molar-refractivity contribution >= 4 is 17.7 Å². The summed E-state index contributed by atoms with van der Waals surface area (Å²) in [6, 6.07) is 1.49. The van der Waals surface area contributed by atoms with E-state index in [9.17, 15) is 9.59 Å². The maximum absolute atomic E-state index is 12.2. The number of piperazine rings is 1. The second-order valence-electron chi connectivity index (χ2n) is 6.71. The zero-order chi connectivity index (χ0) is 18.4. The summed E-state index contributed by atoms with van der Waals surface area (Å²) in [6.07, 6.45) is 4.26. The fraction of sp³-hybridized carbons (Fsp3) is 0.706. The molecule has 3 N–H and O–H groups in total. The van der Waals surface area contributed by atoms with Crippen molar-refractivity contribution in [1.29, 1.82) is 0 Å². The fourth-order valence-corrected chi connectivity index (χ4v) is 3.46. The summed E-state index contributed by atoms with van der Waals surface area (Å²) in [6.45, 7) is 7.16. The van der Waals surface area contributed by atoms with Gasteiger partial charge in [-0.3, -0.25) is 19.7 Å². The van der Waals surface area contributed by atoms with Crippen LogP contribution in [-0.2, 0) is 9.53 Å². The zero-order valence-electron chi connectivity index (χ0n) is 15.3. The molecule has 1 aromatic heterocycles. The molecule has 9 nitrogen and oxygen atoms in total. The van der Waals surface area contributed by atoms with Crippen LogP contribution in [0.15, 0.2) is 6.07 Å². The van der Waals surface area contributed by atoms with Crippen molar-refractivity contribution in [2.24, 2.45) is 0 Å². The number of aromatic nitrogens is 2. The summed E-state index contributed by atoms with van der Waals surface area (Å²) in [5.41, 5.74) is 0.232. The summed E-state index contributed by atoms with van der Waals surface area (Å²) in [5, 5.41) is 12.8. The monoisotopic (exact) mass is 364 g/mol. The molecule has 1 atom stereocenters. The molecule has 2 fully saturated rings. The number of ether oxygens (including phenoxy) is 1. The van der Waals surface area contributed by atoms with E-state index in [1.165, 1.54) is 25.3 Å². The minimum Gasteiger partial charge on any atom is -0.461 e. The fourth-order valence-electron chi connectivity index (χ4n) is 3.46. The van der Waals surface area contributed by atoms with Crippen molar-refractivity contribution in [2.75, 3.05) is 51.2 Å². The first-order valence-corrected chi connectivity index (χ1v) is 9.38. The maximum atomic E-state index is 12.2. The van der Waals surface area contributed by atoms with Gasteiger partial charge in [-0.1, -0.05) is 0 Å². The molecule has 26 heavy (non-hydrogen) atoms. The standard InChI is InChI=1S/C17H28N6O3/c1-2-26-17(25)13-11-14(21-20-13)19-16(24)12-22-7-9-23(10-8-22)15-5-3-4-6-18-15/h11,15,18H,2-10,12H2,1H3,(H2,19,20,21,24). The minimum atomic E-state index is -0.479. The third-order valence-corrected chi connectivity index (χ3v) is 4.84. The molecule has 0 bridgehead atoms. The van der Waals surface area contributed by atoms with E-state index in [0.29, 0.717) is 25.1 Å². The third-order valence-electron chi connectivity index (χ3n) is 4.84. The summed E-state index contributed by atoms with van der Waals surface area (Å²) in [5.74, 6) is -0.271. The van der Waals surface area contributed by atoms with Gasteiger partial charge in [-0.2, -0.15) is 5.10 Å². The molecule has 9 heteroatoms. The Hall–Kier alpha value is -1.97. The normalized spacial score (nSPS) is 22.1. The number of carbonyl (C=O) groups is 2. The van der Waals surface area contributed by atoms with Gasteiger partial charge in [0.15, 0.2) is 5.82 Å². The zero-order valence-corrected chi connectivity index (χ0v) is 15.3. The minimum absolute atomic E-state index is 0.129. The summed E-state index contributed by atoms with van der Waals surface area (Å²) in [4.78, 5) is 28.4.